The first-order chi connectivity index (χ1) is 10.4. The molecular weight excluding hydrogens is 322 g/mol. The van der Waals surface area contributed by atoms with E-state index in [0.717, 1.165) is 0 Å². The molecule has 0 bridgehead atoms. The molecule has 124 valence electrons. The molecule has 7 nitrogen and oxygen atoms in total. The Kier molecular flexibility index (Phi) is 6.29. The van der Waals surface area contributed by atoms with Gasteiger partial charge < -0.3 is 15.5 Å². The third kappa shape index (κ3) is 4.30. The smallest absolute Gasteiger partial charge is 0.272 e. The summed E-state index contributed by atoms with van der Waals surface area (Å²) >= 11 is 0. The minimum absolute atomic E-state index is 0. The van der Waals surface area contributed by atoms with E-state index in [2.05, 4.69) is 5.32 Å². The van der Waals surface area contributed by atoms with Gasteiger partial charge in [-0.3, -0.25) is 14.9 Å². The number of hydrogen-bond donors (Lipinski definition) is 2. The quantitative estimate of drug-likeness (QED) is 0.642. The van der Waals surface area contributed by atoms with E-state index in [1.165, 1.54) is 12.3 Å². The van der Waals surface area contributed by atoms with Crippen LogP contribution in [0.2, 0.25) is 0 Å². The van der Waals surface area contributed by atoms with E-state index in [4.69, 9.17) is 10.2 Å². The summed E-state index contributed by atoms with van der Waals surface area (Å²) in [6.07, 6.45) is 1.34. The molecule has 0 aliphatic carbocycles. The molecule has 2 aromatic rings. The van der Waals surface area contributed by atoms with Crippen LogP contribution in [0.4, 0.5) is 5.69 Å². The molecule has 3 N–H and O–H groups in total. The minimum atomic E-state index is -0.434. The highest BCUT2D eigenvalue weighted by Gasteiger charge is 2.17. The van der Waals surface area contributed by atoms with Gasteiger partial charge in [0.15, 0.2) is 0 Å². The molecule has 0 spiro atoms. The number of halogens is 1. The first-order valence-corrected chi connectivity index (χ1v) is 6.75. The molecule has 0 saturated heterocycles. The van der Waals surface area contributed by atoms with Crippen molar-refractivity contribution in [3.63, 3.8) is 0 Å². The fourth-order valence-electron chi connectivity index (χ4n) is 2.06. The molecule has 0 fully saturated rings. The van der Waals surface area contributed by atoms with Gasteiger partial charge in [-0.05, 0) is 25.5 Å². The Morgan fingerprint density at radius 2 is 2.13 bits per heavy atom. The van der Waals surface area contributed by atoms with E-state index in [0.29, 0.717) is 22.5 Å². The zero-order valence-corrected chi connectivity index (χ0v) is 13.6. The number of aryl methyl sites for hydroxylation is 1. The number of benzene rings is 1. The van der Waals surface area contributed by atoms with Crippen LogP contribution in [0.3, 0.4) is 0 Å². The molecule has 0 saturated carbocycles. The van der Waals surface area contributed by atoms with Gasteiger partial charge in [0.25, 0.3) is 11.6 Å². The van der Waals surface area contributed by atoms with Crippen molar-refractivity contribution < 1.29 is 14.1 Å². The normalized spacial score (nSPS) is 11.4. The molecule has 1 heterocycles. The Morgan fingerprint density at radius 3 is 2.70 bits per heavy atom. The Morgan fingerprint density at radius 1 is 1.43 bits per heavy atom. The molecule has 0 aliphatic rings. The van der Waals surface area contributed by atoms with Crippen LogP contribution in [0.25, 0.3) is 0 Å². The van der Waals surface area contributed by atoms with E-state index in [1.54, 1.807) is 32.0 Å². The van der Waals surface area contributed by atoms with Gasteiger partial charge in [-0.15, -0.1) is 12.4 Å². The first-order valence-electron chi connectivity index (χ1n) is 6.75. The van der Waals surface area contributed by atoms with Crippen LogP contribution in [0.5, 0.6) is 0 Å². The van der Waals surface area contributed by atoms with Crippen LogP contribution in [-0.4, -0.2) is 10.8 Å². The third-order valence-corrected chi connectivity index (χ3v) is 3.39. The molecule has 1 aromatic carbocycles. The molecule has 0 radical (unpaired) electrons. The van der Waals surface area contributed by atoms with E-state index in [1.807, 2.05) is 0 Å². The van der Waals surface area contributed by atoms with Crippen molar-refractivity contribution >= 4 is 24.0 Å². The number of nitrogens with one attached hydrogen (secondary N) is 1. The van der Waals surface area contributed by atoms with Crippen molar-refractivity contribution in [3.05, 3.63) is 63.1 Å². The van der Waals surface area contributed by atoms with Gasteiger partial charge in [-0.1, -0.05) is 12.1 Å². The van der Waals surface area contributed by atoms with E-state index in [-0.39, 0.29) is 36.6 Å². The minimum Gasteiger partial charge on any atom is -0.467 e. The van der Waals surface area contributed by atoms with Gasteiger partial charge in [0, 0.05) is 11.6 Å². The van der Waals surface area contributed by atoms with Crippen LogP contribution in [0.1, 0.15) is 40.2 Å². The van der Waals surface area contributed by atoms with Crippen LogP contribution in [0, 0.1) is 17.0 Å². The Hall–Kier alpha value is -2.38. The van der Waals surface area contributed by atoms with Crippen LogP contribution >= 0.6 is 12.4 Å². The summed E-state index contributed by atoms with van der Waals surface area (Å²) in [5, 5.41) is 13.7. The number of carbonyl (C=O) groups excluding carboxylic acids is 1. The van der Waals surface area contributed by atoms with E-state index >= 15 is 0 Å². The Bertz CT molecular complexity index is 714. The van der Waals surface area contributed by atoms with Crippen molar-refractivity contribution in [2.45, 2.75) is 26.4 Å². The number of rotatable bonds is 5. The van der Waals surface area contributed by atoms with Crippen molar-refractivity contribution in [1.29, 1.82) is 0 Å². The van der Waals surface area contributed by atoms with Gasteiger partial charge >= 0.3 is 0 Å². The predicted molar refractivity (Wildman–Crippen MR) is 87.6 cm³/mol. The van der Waals surface area contributed by atoms with E-state index in [9.17, 15) is 14.9 Å². The lowest BCUT2D eigenvalue weighted by molar-refractivity contribution is -0.385. The summed E-state index contributed by atoms with van der Waals surface area (Å²) < 4.78 is 5.11. The van der Waals surface area contributed by atoms with Crippen molar-refractivity contribution in [2.75, 3.05) is 0 Å². The third-order valence-electron chi connectivity index (χ3n) is 3.39. The van der Waals surface area contributed by atoms with Gasteiger partial charge in [-0.2, -0.15) is 0 Å². The average Bonchev–Trinajstić information content (AvgIpc) is 2.96. The molecular formula is C15H18ClN3O4. The number of amides is 1. The highest BCUT2D eigenvalue weighted by Crippen LogP contribution is 2.23. The van der Waals surface area contributed by atoms with Gasteiger partial charge in [0.1, 0.15) is 12.0 Å². The van der Waals surface area contributed by atoms with Crippen LogP contribution in [0.15, 0.2) is 34.9 Å². The number of nitro benzene ring substituents is 1. The number of nitro groups is 1. The molecule has 1 amide bonds. The number of furan rings is 1. The van der Waals surface area contributed by atoms with Crippen molar-refractivity contribution in [2.24, 2.45) is 5.73 Å². The Labute approximate surface area is 139 Å². The summed E-state index contributed by atoms with van der Waals surface area (Å²) in [4.78, 5) is 22.6. The molecule has 23 heavy (non-hydrogen) atoms. The molecule has 0 aliphatic heterocycles. The number of nitrogens with zero attached hydrogens (tertiary/aromatic N) is 1. The van der Waals surface area contributed by atoms with Crippen LogP contribution in [-0.2, 0) is 6.54 Å². The fourth-order valence-corrected chi connectivity index (χ4v) is 2.06. The number of nitrogens with two attached hydrogens (primary N) is 1. The molecule has 1 aromatic heterocycles. The topological polar surface area (TPSA) is 111 Å². The zero-order chi connectivity index (χ0) is 16.3. The standard InChI is InChI=1S/C15H17N3O4.ClH/c1-9-3-4-11(6-14(9)18(20)21)10(2)17-15(19)12-5-13(7-16)22-8-12;/h3-6,8,10H,7,16H2,1-2H3,(H,17,19);1H. The second-order valence-electron chi connectivity index (χ2n) is 5.00. The fraction of sp³-hybridized carbons (Fsp3) is 0.267. The van der Waals surface area contributed by atoms with Crippen LogP contribution < -0.4 is 11.1 Å². The van der Waals surface area contributed by atoms with Gasteiger partial charge in [0.05, 0.1) is 23.1 Å². The Balaban J connectivity index is 0.00000264. The largest absolute Gasteiger partial charge is 0.467 e. The first kappa shape index (κ1) is 18.7. The SMILES string of the molecule is Cc1ccc(C(C)NC(=O)c2coc(CN)c2)cc1[N+](=O)[O-].Cl. The maximum absolute atomic E-state index is 12.1. The molecule has 1 atom stereocenters. The predicted octanol–water partition coefficient (Wildman–Crippen LogP) is 2.87. The average molecular weight is 340 g/mol. The summed E-state index contributed by atoms with van der Waals surface area (Å²) in [7, 11) is 0. The van der Waals surface area contributed by atoms with Crippen molar-refractivity contribution in [1.82, 2.24) is 5.32 Å². The van der Waals surface area contributed by atoms with E-state index < -0.39 is 4.92 Å². The molecule has 2 rings (SSSR count). The van der Waals surface area contributed by atoms with Crippen molar-refractivity contribution in [3.8, 4) is 0 Å². The maximum atomic E-state index is 12.1. The van der Waals surface area contributed by atoms with Gasteiger partial charge in [-0.25, -0.2) is 0 Å². The highest BCUT2D eigenvalue weighted by molar-refractivity contribution is 5.94. The summed E-state index contributed by atoms with van der Waals surface area (Å²) in [5.74, 6) is 0.197. The number of hydrogen-bond acceptors (Lipinski definition) is 5. The number of carbonyl (C=O) groups is 1. The maximum Gasteiger partial charge on any atom is 0.272 e. The van der Waals surface area contributed by atoms with Gasteiger partial charge in [0.2, 0.25) is 0 Å². The second kappa shape index (κ2) is 7.75. The second-order valence-corrected chi connectivity index (χ2v) is 5.00. The summed E-state index contributed by atoms with van der Waals surface area (Å²) in [5.41, 5.74) is 7.07. The summed E-state index contributed by atoms with van der Waals surface area (Å²) in [6, 6.07) is 6.10. The monoisotopic (exact) mass is 339 g/mol. The highest BCUT2D eigenvalue weighted by atomic mass is 35.5. The lowest BCUT2D eigenvalue weighted by Crippen LogP contribution is -2.26. The molecule has 1 unspecified atom stereocenters. The zero-order valence-electron chi connectivity index (χ0n) is 12.7. The lowest BCUT2D eigenvalue weighted by atomic mass is 10.0. The molecule has 8 heteroatoms. The lowest BCUT2D eigenvalue weighted by Gasteiger charge is -2.14. The summed E-state index contributed by atoms with van der Waals surface area (Å²) in [6.45, 7) is 3.65.